The number of H-pyrrole nitrogens is 1. The largest absolute Gasteiger partial charge is 0.341 e. The molecule has 0 aliphatic carbocycles. The molecule has 0 unspecified atom stereocenters. The Labute approximate surface area is 193 Å². The highest BCUT2D eigenvalue weighted by Crippen LogP contribution is 2.27. The number of hydrogen-bond donors (Lipinski definition) is 1. The summed E-state index contributed by atoms with van der Waals surface area (Å²) in [6, 6.07) is 21.1. The molecule has 2 amide bonds. The van der Waals surface area contributed by atoms with Crippen LogP contribution in [0.4, 0.5) is 0 Å². The van der Waals surface area contributed by atoms with E-state index >= 15 is 0 Å². The van der Waals surface area contributed by atoms with Crippen molar-refractivity contribution in [2.75, 3.05) is 26.2 Å². The van der Waals surface area contributed by atoms with Crippen LogP contribution in [0, 0.1) is 12.8 Å². The van der Waals surface area contributed by atoms with Crippen LogP contribution >= 0.6 is 0 Å². The third-order valence-corrected chi connectivity index (χ3v) is 6.26. The first-order valence-electron chi connectivity index (χ1n) is 11.4. The maximum atomic E-state index is 13.4. The summed E-state index contributed by atoms with van der Waals surface area (Å²) in [6.45, 7) is 5.85. The molecule has 0 spiro atoms. The van der Waals surface area contributed by atoms with Gasteiger partial charge in [-0.2, -0.15) is 0 Å². The number of carbonyl (C=O) groups excluding carboxylic acids is 2. The summed E-state index contributed by atoms with van der Waals surface area (Å²) >= 11 is 0. The molecule has 1 atom stereocenters. The lowest BCUT2D eigenvalue weighted by Gasteiger charge is -2.24. The number of likely N-dealkylation sites (N-methyl/N-ethyl adjacent to an activating group) is 1. The Balaban J connectivity index is 1.64. The van der Waals surface area contributed by atoms with Gasteiger partial charge in [0.25, 0.3) is 5.91 Å². The first kappa shape index (κ1) is 22.5. The SMILES string of the molecule is CCN1CCN(C(=O)c2cccc(=O)[nH]2)C[C@@H](Cc2ccccc2-c2ccc(C)cc2)C1=O. The van der Waals surface area contributed by atoms with Gasteiger partial charge in [-0.05, 0) is 43.0 Å². The van der Waals surface area contributed by atoms with Crippen molar-refractivity contribution < 1.29 is 9.59 Å². The van der Waals surface area contributed by atoms with E-state index in [9.17, 15) is 14.4 Å². The van der Waals surface area contributed by atoms with E-state index in [0.29, 0.717) is 32.6 Å². The first-order chi connectivity index (χ1) is 16.0. The van der Waals surface area contributed by atoms with Crippen molar-refractivity contribution in [2.45, 2.75) is 20.3 Å². The minimum Gasteiger partial charge on any atom is -0.341 e. The molecule has 2 heterocycles. The van der Waals surface area contributed by atoms with Crippen LogP contribution in [0.2, 0.25) is 0 Å². The zero-order valence-electron chi connectivity index (χ0n) is 19.1. The Morgan fingerprint density at radius 3 is 2.45 bits per heavy atom. The van der Waals surface area contributed by atoms with Gasteiger partial charge < -0.3 is 14.8 Å². The van der Waals surface area contributed by atoms with Crippen LogP contribution in [-0.4, -0.2) is 52.8 Å². The maximum absolute atomic E-state index is 13.4. The van der Waals surface area contributed by atoms with Gasteiger partial charge in [0.15, 0.2) is 0 Å². The lowest BCUT2D eigenvalue weighted by Crippen LogP contribution is -2.38. The molecule has 6 nitrogen and oxygen atoms in total. The zero-order valence-corrected chi connectivity index (χ0v) is 19.1. The standard InChI is InChI=1S/C27H29N3O3/c1-3-29-15-16-30(27(33)24-9-6-10-25(31)28-24)18-22(26(29)32)17-21-7-4-5-8-23(21)20-13-11-19(2)12-14-20/h4-14,22H,3,15-18H2,1-2H3,(H,28,31)/t22-/m1/s1. The quantitative estimate of drug-likeness (QED) is 0.656. The molecule has 0 bridgehead atoms. The second-order valence-corrected chi connectivity index (χ2v) is 8.52. The number of nitrogens with one attached hydrogen (secondary N) is 1. The molecule has 0 saturated carbocycles. The minimum atomic E-state index is -0.363. The van der Waals surface area contributed by atoms with Crippen molar-refractivity contribution in [3.63, 3.8) is 0 Å². The van der Waals surface area contributed by atoms with Crippen LogP contribution in [0.3, 0.4) is 0 Å². The number of carbonyl (C=O) groups is 2. The van der Waals surface area contributed by atoms with Gasteiger partial charge >= 0.3 is 0 Å². The Hall–Kier alpha value is -3.67. The number of aromatic amines is 1. The first-order valence-corrected chi connectivity index (χ1v) is 11.4. The molecular formula is C27H29N3O3. The van der Waals surface area contributed by atoms with Crippen LogP contribution in [0.15, 0.2) is 71.5 Å². The van der Waals surface area contributed by atoms with E-state index in [1.54, 1.807) is 17.0 Å². The van der Waals surface area contributed by atoms with Gasteiger partial charge in [-0.25, -0.2) is 0 Å². The van der Waals surface area contributed by atoms with Gasteiger partial charge in [0, 0.05) is 32.2 Å². The molecule has 6 heteroatoms. The third-order valence-electron chi connectivity index (χ3n) is 6.26. The average molecular weight is 444 g/mol. The van der Waals surface area contributed by atoms with Gasteiger partial charge in [0.2, 0.25) is 11.5 Å². The fourth-order valence-electron chi connectivity index (χ4n) is 4.42. The van der Waals surface area contributed by atoms with Gasteiger partial charge in [-0.3, -0.25) is 14.4 Å². The monoisotopic (exact) mass is 443 g/mol. The third kappa shape index (κ3) is 5.06. The average Bonchev–Trinajstić information content (AvgIpc) is 2.98. The number of hydrogen-bond acceptors (Lipinski definition) is 3. The highest BCUT2D eigenvalue weighted by Gasteiger charge is 2.32. The summed E-state index contributed by atoms with van der Waals surface area (Å²) in [6.07, 6.45) is 0.536. The van der Waals surface area contributed by atoms with E-state index in [2.05, 4.69) is 48.3 Å². The number of nitrogens with zero attached hydrogens (tertiary/aromatic N) is 2. The summed E-state index contributed by atoms with van der Waals surface area (Å²) in [5.74, 6) is -0.554. The number of amides is 2. The Morgan fingerprint density at radius 1 is 0.970 bits per heavy atom. The molecule has 170 valence electrons. The van der Waals surface area contributed by atoms with Crippen molar-refractivity contribution in [1.29, 1.82) is 0 Å². The summed E-state index contributed by atoms with van der Waals surface area (Å²) in [5, 5.41) is 0. The summed E-state index contributed by atoms with van der Waals surface area (Å²) < 4.78 is 0. The fourth-order valence-corrected chi connectivity index (χ4v) is 4.42. The predicted molar refractivity (Wildman–Crippen MR) is 129 cm³/mol. The maximum Gasteiger partial charge on any atom is 0.270 e. The number of benzene rings is 2. The van der Waals surface area contributed by atoms with Crippen molar-refractivity contribution >= 4 is 11.8 Å². The van der Waals surface area contributed by atoms with Crippen molar-refractivity contribution in [3.8, 4) is 11.1 Å². The van der Waals surface area contributed by atoms with Crippen LogP contribution in [-0.2, 0) is 11.2 Å². The van der Waals surface area contributed by atoms with Crippen molar-refractivity contribution in [3.05, 3.63) is 93.9 Å². The minimum absolute atomic E-state index is 0.0630. The summed E-state index contributed by atoms with van der Waals surface area (Å²) in [4.78, 5) is 44.3. The highest BCUT2D eigenvalue weighted by molar-refractivity contribution is 5.93. The Bertz CT molecular complexity index is 1200. The van der Waals surface area contributed by atoms with Crippen LogP contribution in [0.5, 0.6) is 0 Å². The smallest absolute Gasteiger partial charge is 0.270 e. The molecule has 1 fully saturated rings. The van der Waals surface area contributed by atoms with Gasteiger partial charge in [0.1, 0.15) is 5.69 Å². The van der Waals surface area contributed by atoms with E-state index in [1.165, 1.54) is 11.6 Å². The summed E-state index contributed by atoms with van der Waals surface area (Å²) in [7, 11) is 0. The van der Waals surface area contributed by atoms with Crippen LogP contribution in [0.1, 0.15) is 28.5 Å². The lowest BCUT2D eigenvalue weighted by atomic mass is 9.91. The molecule has 1 N–H and O–H groups in total. The molecule has 33 heavy (non-hydrogen) atoms. The molecule has 1 aliphatic heterocycles. The Morgan fingerprint density at radius 2 is 1.73 bits per heavy atom. The van der Waals surface area contributed by atoms with E-state index in [0.717, 1.165) is 16.7 Å². The molecule has 0 radical (unpaired) electrons. The molecule has 1 aliphatic rings. The van der Waals surface area contributed by atoms with Gasteiger partial charge in [-0.15, -0.1) is 0 Å². The zero-order chi connectivity index (χ0) is 23.4. The van der Waals surface area contributed by atoms with Crippen LogP contribution < -0.4 is 5.56 Å². The molecule has 3 aromatic rings. The number of pyridine rings is 1. The number of aromatic nitrogens is 1. The normalized spacial score (nSPS) is 16.5. The van der Waals surface area contributed by atoms with E-state index < -0.39 is 0 Å². The second-order valence-electron chi connectivity index (χ2n) is 8.52. The predicted octanol–water partition coefficient (Wildman–Crippen LogP) is 3.51. The van der Waals surface area contributed by atoms with Crippen molar-refractivity contribution in [1.82, 2.24) is 14.8 Å². The topological polar surface area (TPSA) is 73.5 Å². The number of aryl methyl sites for hydroxylation is 1. The lowest BCUT2D eigenvalue weighted by molar-refractivity contribution is -0.134. The van der Waals surface area contributed by atoms with E-state index in [-0.39, 0.29) is 29.0 Å². The highest BCUT2D eigenvalue weighted by atomic mass is 16.2. The second kappa shape index (κ2) is 9.86. The molecule has 1 aromatic heterocycles. The summed E-state index contributed by atoms with van der Waals surface area (Å²) in [5.41, 5.74) is 4.42. The van der Waals surface area contributed by atoms with E-state index in [1.807, 2.05) is 24.0 Å². The molecular weight excluding hydrogens is 414 g/mol. The van der Waals surface area contributed by atoms with Gasteiger partial charge in [0.05, 0.1) is 5.92 Å². The number of rotatable bonds is 5. The van der Waals surface area contributed by atoms with Gasteiger partial charge in [-0.1, -0.05) is 60.2 Å². The Kier molecular flexibility index (Phi) is 6.73. The van der Waals surface area contributed by atoms with Crippen LogP contribution in [0.25, 0.3) is 11.1 Å². The molecule has 2 aromatic carbocycles. The molecule has 4 rings (SSSR count). The fraction of sp³-hybridized carbons (Fsp3) is 0.296. The molecule has 1 saturated heterocycles. The van der Waals surface area contributed by atoms with E-state index in [4.69, 9.17) is 0 Å². The van der Waals surface area contributed by atoms with Crippen molar-refractivity contribution in [2.24, 2.45) is 5.92 Å².